The predicted octanol–water partition coefficient (Wildman–Crippen LogP) is 2.31. The number of fused-ring (bicyclic) bond motifs is 1. The van der Waals surface area contributed by atoms with Crippen LogP contribution in [0.25, 0.3) is 5.65 Å². The lowest BCUT2D eigenvalue weighted by molar-refractivity contribution is 0.172. The van der Waals surface area contributed by atoms with E-state index in [1.54, 1.807) is 0 Å². The summed E-state index contributed by atoms with van der Waals surface area (Å²) in [6.07, 6.45) is 5.91. The molecule has 17 heavy (non-hydrogen) atoms. The summed E-state index contributed by atoms with van der Waals surface area (Å²) in [5.74, 6) is 0. The van der Waals surface area contributed by atoms with E-state index in [0.29, 0.717) is 0 Å². The molecule has 2 aromatic rings. The highest BCUT2D eigenvalue weighted by Gasteiger charge is 2.12. The molecule has 2 aromatic heterocycles. The van der Waals surface area contributed by atoms with Gasteiger partial charge in [-0.3, -0.25) is 9.30 Å². The molecular formula is C12H16N4S. The smallest absolute Gasteiger partial charge is 0.203 e. The van der Waals surface area contributed by atoms with Gasteiger partial charge >= 0.3 is 0 Å². The standard InChI is InChI=1S/C12H16N4S/c17-12-15-9-5-2-6-11(15)13-16(12)10-14-7-3-1-4-8-14/h2,5-6,9H,1,3-4,7-8,10H2. The van der Waals surface area contributed by atoms with Gasteiger partial charge < -0.3 is 0 Å². The van der Waals surface area contributed by atoms with E-state index in [-0.39, 0.29) is 0 Å². The van der Waals surface area contributed by atoms with Crippen molar-refractivity contribution in [1.82, 2.24) is 19.1 Å². The molecule has 0 amide bonds. The first-order chi connectivity index (χ1) is 8.34. The molecule has 0 aliphatic carbocycles. The average Bonchev–Trinajstić information content (AvgIpc) is 2.68. The zero-order valence-electron chi connectivity index (χ0n) is 9.75. The molecule has 90 valence electrons. The Kier molecular flexibility index (Phi) is 2.94. The number of nitrogens with zero attached hydrogens (tertiary/aromatic N) is 4. The molecule has 3 heterocycles. The Morgan fingerprint density at radius 2 is 2.00 bits per heavy atom. The first-order valence-electron chi connectivity index (χ1n) is 6.11. The maximum absolute atomic E-state index is 5.43. The molecule has 0 radical (unpaired) electrons. The second-order valence-electron chi connectivity index (χ2n) is 4.53. The van der Waals surface area contributed by atoms with Gasteiger partial charge in [0.05, 0.1) is 6.67 Å². The molecule has 0 bridgehead atoms. The fraction of sp³-hybridized carbons (Fsp3) is 0.500. The van der Waals surface area contributed by atoms with Gasteiger partial charge in [-0.25, -0.2) is 4.68 Å². The minimum absolute atomic E-state index is 0.783. The number of likely N-dealkylation sites (tertiary alicyclic amines) is 1. The Balaban J connectivity index is 1.89. The molecule has 3 rings (SSSR count). The van der Waals surface area contributed by atoms with E-state index < -0.39 is 0 Å². The van der Waals surface area contributed by atoms with E-state index in [4.69, 9.17) is 12.2 Å². The van der Waals surface area contributed by atoms with Gasteiger partial charge in [0.15, 0.2) is 5.65 Å². The van der Waals surface area contributed by atoms with Crippen LogP contribution < -0.4 is 0 Å². The summed E-state index contributed by atoms with van der Waals surface area (Å²) in [5.41, 5.74) is 0.925. The first-order valence-corrected chi connectivity index (χ1v) is 6.52. The summed E-state index contributed by atoms with van der Waals surface area (Å²) in [6.45, 7) is 3.14. The summed E-state index contributed by atoms with van der Waals surface area (Å²) >= 11 is 5.43. The average molecular weight is 248 g/mol. The maximum atomic E-state index is 5.43. The Morgan fingerprint density at radius 3 is 2.76 bits per heavy atom. The Hall–Kier alpha value is -1.20. The van der Waals surface area contributed by atoms with Gasteiger partial charge in [-0.15, -0.1) is 0 Å². The molecule has 0 unspecified atom stereocenters. The van der Waals surface area contributed by atoms with Crippen LogP contribution in [-0.4, -0.2) is 32.2 Å². The van der Waals surface area contributed by atoms with Crippen LogP contribution in [0.4, 0.5) is 0 Å². The van der Waals surface area contributed by atoms with Gasteiger partial charge in [0.1, 0.15) is 0 Å². The van der Waals surface area contributed by atoms with E-state index >= 15 is 0 Å². The molecule has 5 heteroatoms. The first kappa shape index (κ1) is 10.9. The maximum Gasteiger partial charge on any atom is 0.203 e. The summed E-state index contributed by atoms with van der Waals surface area (Å²) in [4.78, 5) is 2.42. The van der Waals surface area contributed by atoms with Crippen LogP contribution in [0.15, 0.2) is 24.4 Å². The van der Waals surface area contributed by atoms with E-state index in [9.17, 15) is 0 Å². The highest BCUT2D eigenvalue weighted by atomic mass is 32.1. The largest absolute Gasteiger partial charge is 0.284 e. The van der Waals surface area contributed by atoms with Gasteiger partial charge in [0.25, 0.3) is 0 Å². The minimum atomic E-state index is 0.783. The summed E-state index contributed by atoms with van der Waals surface area (Å²) in [6, 6.07) is 5.96. The van der Waals surface area contributed by atoms with E-state index in [1.807, 2.05) is 33.5 Å². The molecule has 0 N–H and O–H groups in total. The third-order valence-corrected chi connectivity index (χ3v) is 3.68. The zero-order chi connectivity index (χ0) is 11.7. The fourth-order valence-corrected chi connectivity index (χ4v) is 2.60. The van der Waals surface area contributed by atoms with Crippen LogP contribution in [0, 0.1) is 4.77 Å². The van der Waals surface area contributed by atoms with Gasteiger partial charge in [0, 0.05) is 6.20 Å². The van der Waals surface area contributed by atoms with Crippen LogP contribution in [0.5, 0.6) is 0 Å². The van der Waals surface area contributed by atoms with Crippen molar-refractivity contribution in [2.75, 3.05) is 13.1 Å². The molecule has 0 atom stereocenters. The lowest BCUT2D eigenvalue weighted by atomic mass is 10.1. The molecule has 0 saturated carbocycles. The van der Waals surface area contributed by atoms with E-state index in [1.165, 1.54) is 19.3 Å². The fourth-order valence-electron chi connectivity index (χ4n) is 2.35. The van der Waals surface area contributed by atoms with Crippen molar-refractivity contribution in [2.24, 2.45) is 0 Å². The van der Waals surface area contributed by atoms with Gasteiger partial charge in [-0.05, 0) is 50.3 Å². The molecule has 1 aliphatic heterocycles. The Bertz CT molecular complexity index is 565. The van der Waals surface area contributed by atoms with Crippen molar-refractivity contribution in [3.05, 3.63) is 29.2 Å². The normalized spacial score (nSPS) is 17.6. The molecule has 0 spiro atoms. The quantitative estimate of drug-likeness (QED) is 0.763. The third-order valence-electron chi connectivity index (χ3n) is 3.27. The third kappa shape index (κ3) is 2.12. The molecule has 1 saturated heterocycles. The van der Waals surface area contributed by atoms with Crippen molar-refractivity contribution in [2.45, 2.75) is 25.9 Å². The van der Waals surface area contributed by atoms with Crippen molar-refractivity contribution in [3.63, 3.8) is 0 Å². The minimum Gasteiger partial charge on any atom is -0.284 e. The SMILES string of the molecule is S=c1n(CN2CCCCC2)nc2ccccn12. The van der Waals surface area contributed by atoms with Gasteiger partial charge in [-0.1, -0.05) is 12.5 Å². The lowest BCUT2D eigenvalue weighted by Gasteiger charge is -2.25. The van der Waals surface area contributed by atoms with Crippen molar-refractivity contribution in [3.8, 4) is 0 Å². The Morgan fingerprint density at radius 1 is 1.18 bits per heavy atom. The number of pyridine rings is 1. The summed E-state index contributed by atoms with van der Waals surface area (Å²) in [5, 5.41) is 4.54. The molecule has 4 nitrogen and oxygen atoms in total. The number of aromatic nitrogens is 3. The van der Waals surface area contributed by atoms with Crippen molar-refractivity contribution < 1.29 is 0 Å². The second-order valence-corrected chi connectivity index (χ2v) is 4.90. The van der Waals surface area contributed by atoms with Crippen LogP contribution >= 0.6 is 12.2 Å². The molecule has 1 aliphatic rings. The highest BCUT2D eigenvalue weighted by Crippen LogP contribution is 2.10. The number of piperidine rings is 1. The summed E-state index contributed by atoms with van der Waals surface area (Å²) in [7, 11) is 0. The monoisotopic (exact) mass is 248 g/mol. The topological polar surface area (TPSA) is 25.5 Å². The van der Waals surface area contributed by atoms with Crippen molar-refractivity contribution >= 4 is 17.9 Å². The zero-order valence-corrected chi connectivity index (χ0v) is 10.6. The highest BCUT2D eigenvalue weighted by molar-refractivity contribution is 7.71. The van der Waals surface area contributed by atoms with Gasteiger partial charge in [0.2, 0.25) is 4.77 Å². The van der Waals surface area contributed by atoms with E-state index in [0.717, 1.165) is 30.2 Å². The Labute approximate surface area is 105 Å². The summed E-state index contributed by atoms with van der Waals surface area (Å²) < 4.78 is 4.67. The molecule has 1 fully saturated rings. The lowest BCUT2D eigenvalue weighted by Crippen LogP contribution is -2.32. The van der Waals surface area contributed by atoms with Gasteiger partial charge in [-0.2, -0.15) is 5.10 Å². The number of rotatable bonds is 2. The van der Waals surface area contributed by atoms with Crippen LogP contribution in [-0.2, 0) is 6.67 Å². The number of hydrogen-bond donors (Lipinski definition) is 0. The van der Waals surface area contributed by atoms with Crippen LogP contribution in [0.2, 0.25) is 0 Å². The molecular weight excluding hydrogens is 232 g/mol. The predicted molar refractivity (Wildman–Crippen MR) is 69.4 cm³/mol. The van der Waals surface area contributed by atoms with Crippen molar-refractivity contribution in [1.29, 1.82) is 0 Å². The van der Waals surface area contributed by atoms with E-state index in [2.05, 4.69) is 10.00 Å². The van der Waals surface area contributed by atoms with Crippen LogP contribution in [0.1, 0.15) is 19.3 Å². The second kappa shape index (κ2) is 4.58. The van der Waals surface area contributed by atoms with Crippen LogP contribution in [0.3, 0.4) is 0 Å². The number of hydrogen-bond acceptors (Lipinski definition) is 3. The molecule has 0 aromatic carbocycles.